The Kier molecular flexibility index (Phi) is 8.92. The summed E-state index contributed by atoms with van der Waals surface area (Å²) in [6, 6.07) is 3.71. The zero-order valence-corrected chi connectivity index (χ0v) is 18.2. The standard InChI is InChI=1S/C20H28BrNO6/c1-13(15-6-9-26-10-7-15)27-14(2)28-20(23)22-8-5-16-11-19(25-4)17(21)12-18(16)24-3/h11-12,14-15H,1,5-10H2,2-4H3,(H,22,23). The molecule has 156 valence electrons. The quantitative estimate of drug-likeness (QED) is 0.445. The lowest BCUT2D eigenvalue weighted by molar-refractivity contribution is -0.0736. The number of alkyl carbamates (subject to hydrolysis) is 1. The van der Waals surface area contributed by atoms with E-state index in [0.717, 1.165) is 22.9 Å². The second-order valence-electron chi connectivity index (χ2n) is 6.42. The first-order valence-corrected chi connectivity index (χ1v) is 10.0. The molecule has 0 aromatic heterocycles. The van der Waals surface area contributed by atoms with Gasteiger partial charge in [0.15, 0.2) is 0 Å². The number of hydrogen-bond donors (Lipinski definition) is 1. The molecule has 1 fully saturated rings. The highest BCUT2D eigenvalue weighted by atomic mass is 79.9. The average Bonchev–Trinajstić information content (AvgIpc) is 2.69. The van der Waals surface area contributed by atoms with Crippen molar-refractivity contribution in [2.24, 2.45) is 5.92 Å². The number of hydrogen-bond acceptors (Lipinski definition) is 6. The molecule has 0 bridgehead atoms. The summed E-state index contributed by atoms with van der Waals surface area (Å²) in [5, 5.41) is 2.72. The maximum absolute atomic E-state index is 12.0. The Bertz CT molecular complexity index is 675. The van der Waals surface area contributed by atoms with Gasteiger partial charge in [0.1, 0.15) is 11.5 Å². The fourth-order valence-electron chi connectivity index (χ4n) is 2.96. The van der Waals surface area contributed by atoms with Crippen LogP contribution in [0.2, 0.25) is 0 Å². The third-order valence-corrected chi connectivity index (χ3v) is 5.11. The van der Waals surface area contributed by atoms with Crippen LogP contribution in [0.4, 0.5) is 4.79 Å². The van der Waals surface area contributed by atoms with E-state index in [1.54, 1.807) is 21.1 Å². The van der Waals surface area contributed by atoms with Crippen LogP contribution in [-0.4, -0.2) is 46.4 Å². The zero-order valence-electron chi connectivity index (χ0n) is 16.6. The van der Waals surface area contributed by atoms with E-state index in [0.29, 0.717) is 43.4 Å². The number of carbonyl (C=O) groups is 1. The smallest absolute Gasteiger partial charge is 0.410 e. The Hall–Kier alpha value is -1.93. The number of nitrogens with one attached hydrogen (secondary N) is 1. The molecular weight excluding hydrogens is 430 g/mol. The normalized spacial score (nSPS) is 15.4. The van der Waals surface area contributed by atoms with Crippen LogP contribution < -0.4 is 14.8 Å². The lowest BCUT2D eigenvalue weighted by Gasteiger charge is -2.26. The third-order valence-electron chi connectivity index (χ3n) is 4.49. The van der Waals surface area contributed by atoms with Gasteiger partial charge in [-0.05, 0) is 52.9 Å². The number of halogens is 1. The van der Waals surface area contributed by atoms with Crippen LogP contribution in [-0.2, 0) is 20.6 Å². The van der Waals surface area contributed by atoms with Crippen molar-refractivity contribution in [3.63, 3.8) is 0 Å². The van der Waals surface area contributed by atoms with Crippen LogP contribution in [0.25, 0.3) is 0 Å². The highest BCUT2D eigenvalue weighted by molar-refractivity contribution is 9.10. The Labute approximate surface area is 174 Å². The number of rotatable bonds is 9. The van der Waals surface area contributed by atoms with Gasteiger partial charge in [0.2, 0.25) is 6.29 Å². The van der Waals surface area contributed by atoms with Crippen molar-refractivity contribution >= 4 is 22.0 Å². The lowest BCUT2D eigenvalue weighted by Crippen LogP contribution is -2.31. The van der Waals surface area contributed by atoms with Gasteiger partial charge in [0.25, 0.3) is 0 Å². The summed E-state index contributed by atoms with van der Waals surface area (Å²) in [7, 11) is 3.20. The second-order valence-corrected chi connectivity index (χ2v) is 7.27. The first-order valence-electron chi connectivity index (χ1n) is 9.22. The second kappa shape index (κ2) is 11.2. The molecule has 8 heteroatoms. The van der Waals surface area contributed by atoms with Gasteiger partial charge >= 0.3 is 6.09 Å². The minimum Gasteiger partial charge on any atom is -0.496 e. The largest absolute Gasteiger partial charge is 0.496 e. The molecule has 0 spiro atoms. The zero-order chi connectivity index (χ0) is 20.5. The Balaban J connectivity index is 1.77. The minimum absolute atomic E-state index is 0.239. The number of benzene rings is 1. The molecule has 1 heterocycles. The summed E-state index contributed by atoms with van der Waals surface area (Å²) in [6.07, 6.45) is 1.05. The maximum Gasteiger partial charge on any atom is 0.410 e. The van der Waals surface area contributed by atoms with Gasteiger partial charge in [0, 0.05) is 32.6 Å². The minimum atomic E-state index is -0.711. The number of methoxy groups -OCH3 is 2. The van der Waals surface area contributed by atoms with Gasteiger partial charge in [-0.3, -0.25) is 0 Å². The lowest BCUT2D eigenvalue weighted by atomic mass is 9.99. The van der Waals surface area contributed by atoms with Gasteiger partial charge in [0.05, 0.1) is 24.5 Å². The van der Waals surface area contributed by atoms with Crippen molar-refractivity contribution < 1.29 is 28.5 Å². The van der Waals surface area contributed by atoms with Crippen LogP contribution in [0.1, 0.15) is 25.3 Å². The van der Waals surface area contributed by atoms with Crippen molar-refractivity contribution in [3.8, 4) is 11.5 Å². The fraction of sp³-hybridized carbons (Fsp3) is 0.550. The van der Waals surface area contributed by atoms with E-state index in [1.807, 2.05) is 12.1 Å². The molecule has 0 saturated carbocycles. The van der Waals surface area contributed by atoms with Gasteiger partial charge < -0.3 is 29.0 Å². The molecular formula is C20H28BrNO6. The molecule has 1 unspecified atom stereocenters. The fourth-order valence-corrected chi connectivity index (χ4v) is 3.45. The van der Waals surface area contributed by atoms with E-state index < -0.39 is 12.4 Å². The van der Waals surface area contributed by atoms with Gasteiger partial charge in [-0.25, -0.2) is 4.79 Å². The Morgan fingerprint density at radius 1 is 1.25 bits per heavy atom. The molecule has 1 aromatic carbocycles. The molecule has 2 rings (SSSR count). The summed E-state index contributed by atoms with van der Waals surface area (Å²) < 4.78 is 27.7. The molecule has 1 aliphatic rings. The van der Waals surface area contributed by atoms with E-state index in [2.05, 4.69) is 27.8 Å². The molecule has 1 aliphatic heterocycles. The Morgan fingerprint density at radius 3 is 2.57 bits per heavy atom. The van der Waals surface area contributed by atoms with Crippen molar-refractivity contribution in [2.45, 2.75) is 32.5 Å². The van der Waals surface area contributed by atoms with Gasteiger partial charge in [-0.1, -0.05) is 6.58 Å². The topological polar surface area (TPSA) is 75.3 Å². The summed E-state index contributed by atoms with van der Waals surface area (Å²) in [5.41, 5.74) is 0.917. The predicted molar refractivity (Wildman–Crippen MR) is 109 cm³/mol. The third kappa shape index (κ3) is 6.60. The number of amides is 1. The predicted octanol–water partition coefficient (Wildman–Crippen LogP) is 4.04. The molecule has 28 heavy (non-hydrogen) atoms. The van der Waals surface area contributed by atoms with Crippen molar-refractivity contribution in [2.75, 3.05) is 34.0 Å². The number of carbonyl (C=O) groups excluding carboxylic acids is 1. The van der Waals surface area contributed by atoms with Crippen LogP contribution in [0.5, 0.6) is 11.5 Å². The molecule has 1 aromatic rings. The Morgan fingerprint density at radius 2 is 1.93 bits per heavy atom. The summed E-state index contributed by atoms with van der Waals surface area (Å²) in [6.45, 7) is 7.41. The molecule has 1 amide bonds. The molecule has 1 N–H and O–H groups in total. The van der Waals surface area contributed by atoms with E-state index >= 15 is 0 Å². The van der Waals surface area contributed by atoms with E-state index in [4.69, 9.17) is 23.7 Å². The molecule has 0 aliphatic carbocycles. The number of allylic oxidation sites excluding steroid dienone is 1. The molecule has 0 radical (unpaired) electrons. The monoisotopic (exact) mass is 457 g/mol. The van der Waals surface area contributed by atoms with Gasteiger partial charge in [-0.15, -0.1) is 0 Å². The first kappa shape index (κ1) is 22.4. The molecule has 1 atom stereocenters. The summed E-state index contributed by atoms with van der Waals surface area (Å²) in [5.74, 6) is 2.29. The first-order chi connectivity index (χ1) is 13.4. The highest BCUT2D eigenvalue weighted by Crippen LogP contribution is 2.32. The van der Waals surface area contributed by atoms with Crippen LogP contribution in [0.15, 0.2) is 28.9 Å². The maximum atomic E-state index is 12.0. The number of ether oxygens (including phenoxy) is 5. The van der Waals surface area contributed by atoms with Crippen LogP contribution >= 0.6 is 15.9 Å². The van der Waals surface area contributed by atoms with Crippen LogP contribution in [0, 0.1) is 5.92 Å². The van der Waals surface area contributed by atoms with E-state index in [-0.39, 0.29) is 5.92 Å². The van der Waals surface area contributed by atoms with Crippen molar-refractivity contribution in [3.05, 3.63) is 34.5 Å². The molecule has 7 nitrogen and oxygen atoms in total. The van der Waals surface area contributed by atoms with Crippen molar-refractivity contribution in [1.82, 2.24) is 5.32 Å². The molecule has 1 saturated heterocycles. The van der Waals surface area contributed by atoms with E-state index in [9.17, 15) is 4.79 Å². The highest BCUT2D eigenvalue weighted by Gasteiger charge is 2.21. The summed E-state index contributed by atoms with van der Waals surface area (Å²) in [4.78, 5) is 12.0. The SMILES string of the molecule is C=C(OC(C)OC(=O)NCCc1cc(OC)c(Br)cc1OC)C1CCOCC1. The summed E-state index contributed by atoms with van der Waals surface area (Å²) >= 11 is 3.43. The van der Waals surface area contributed by atoms with Gasteiger partial charge in [-0.2, -0.15) is 0 Å². The van der Waals surface area contributed by atoms with E-state index in [1.165, 1.54) is 0 Å². The van der Waals surface area contributed by atoms with Crippen LogP contribution in [0.3, 0.4) is 0 Å². The average molecular weight is 458 g/mol. The van der Waals surface area contributed by atoms with Crippen molar-refractivity contribution in [1.29, 1.82) is 0 Å².